The van der Waals surface area contributed by atoms with Crippen molar-refractivity contribution in [2.24, 2.45) is 5.14 Å². The quantitative estimate of drug-likeness (QED) is 0.526. The van der Waals surface area contributed by atoms with Gasteiger partial charge in [-0.25, -0.2) is 13.6 Å². The fraction of sp³-hybridized carbons (Fsp3) is 0.136. The van der Waals surface area contributed by atoms with E-state index >= 15 is 0 Å². The minimum Gasteiger partial charge on any atom is -0.464 e. The van der Waals surface area contributed by atoms with Gasteiger partial charge in [-0.1, -0.05) is 42.5 Å². The number of sulfonamides is 1. The number of benzene rings is 3. The van der Waals surface area contributed by atoms with Gasteiger partial charge in [-0.2, -0.15) is 0 Å². The summed E-state index contributed by atoms with van der Waals surface area (Å²) in [6, 6.07) is 17.8. The number of nitrogens with one attached hydrogen (secondary N) is 1. The lowest BCUT2D eigenvalue weighted by molar-refractivity contribution is -0.121. The van der Waals surface area contributed by atoms with Crippen LogP contribution < -0.4 is 10.5 Å². The molecule has 0 fully saturated rings. The standard InChI is InChI=1S/C22H20N2O4S/c1-14(15-6-9-18(10-7-15)29(23,26)27)24-21(25)12-17-13-28-20-11-8-16-4-2-3-5-19(16)22(17)20/h2-11,13-14H,12H2,1H3,(H,24,25)(H2,23,26,27)/t14-/m0/s1. The first-order valence-electron chi connectivity index (χ1n) is 9.13. The van der Waals surface area contributed by atoms with E-state index < -0.39 is 10.0 Å². The lowest BCUT2D eigenvalue weighted by atomic mass is 10.0. The molecule has 4 aromatic rings. The summed E-state index contributed by atoms with van der Waals surface area (Å²) in [6.45, 7) is 1.84. The molecule has 0 radical (unpaired) electrons. The van der Waals surface area contributed by atoms with Crippen LogP contribution in [0.4, 0.5) is 0 Å². The van der Waals surface area contributed by atoms with Crippen molar-refractivity contribution in [3.05, 3.63) is 78.1 Å². The molecule has 7 heteroatoms. The maximum absolute atomic E-state index is 12.6. The molecule has 6 nitrogen and oxygen atoms in total. The highest BCUT2D eigenvalue weighted by Gasteiger charge is 2.16. The van der Waals surface area contributed by atoms with Crippen LogP contribution >= 0.6 is 0 Å². The summed E-state index contributed by atoms with van der Waals surface area (Å²) in [5, 5.41) is 11.1. The second kappa shape index (κ2) is 7.35. The largest absolute Gasteiger partial charge is 0.464 e. The van der Waals surface area contributed by atoms with E-state index in [-0.39, 0.29) is 23.3 Å². The lowest BCUT2D eigenvalue weighted by Gasteiger charge is -2.14. The number of hydrogen-bond donors (Lipinski definition) is 2. The highest BCUT2D eigenvalue weighted by molar-refractivity contribution is 7.89. The molecule has 0 aliphatic rings. The van der Waals surface area contributed by atoms with Crippen molar-refractivity contribution in [2.75, 3.05) is 0 Å². The Morgan fingerprint density at radius 1 is 1.07 bits per heavy atom. The van der Waals surface area contributed by atoms with Crippen molar-refractivity contribution in [2.45, 2.75) is 24.3 Å². The van der Waals surface area contributed by atoms with Crippen LogP contribution in [0.3, 0.4) is 0 Å². The molecule has 0 saturated heterocycles. The second-order valence-corrected chi connectivity index (χ2v) is 8.56. The zero-order valence-electron chi connectivity index (χ0n) is 15.8. The van der Waals surface area contributed by atoms with Crippen LogP contribution in [0, 0.1) is 0 Å². The smallest absolute Gasteiger partial charge is 0.238 e. The molecule has 0 aliphatic heterocycles. The van der Waals surface area contributed by atoms with Crippen molar-refractivity contribution in [3.8, 4) is 0 Å². The third-order valence-electron chi connectivity index (χ3n) is 4.98. The van der Waals surface area contributed by atoms with Crippen LogP contribution in [-0.4, -0.2) is 14.3 Å². The summed E-state index contributed by atoms with van der Waals surface area (Å²) in [5.41, 5.74) is 2.36. The predicted molar refractivity (Wildman–Crippen MR) is 112 cm³/mol. The molecule has 1 amide bonds. The molecule has 4 rings (SSSR count). The summed E-state index contributed by atoms with van der Waals surface area (Å²) >= 11 is 0. The highest BCUT2D eigenvalue weighted by Crippen LogP contribution is 2.30. The number of amides is 1. The lowest BCUT2D eigenvalue weighted by Crippen LogP contribution is -2.28. The molecule has 1 aromatic heterocycles. The summed E-state index contributed by atoms with van der Waals surface area (Å²) in [7, 11) is -3.74. The zero-order chi connectivity index (χ0) is 20.6. The monoisotopic (exact) mass is 408 g/mol. The van der Waals surface area contributed by atoms with Gasteiger partial charge in [0.15, 0.2) is 0 Å². The van der Waals surface area contributed by atoms with E-state index in [9.17, 15) is 13.2 Å². The normalized spacial score (nSPS) is 12.9. The van der Waals surface area contributed by atoms with Gasteiger partial charge in [0.25, 0.3) is 0 Å². The van der Waals surface area contributed by atoms with E-state index in [1.54, 1.807) is 18.4 Å². The van der Waals surface area contributed by atoms with Gasteiger partial charge in [0.1, 0.15) is 5.58 Å². The van der Waals surface area contributed by atoms with Gasteiger partial charge in [-0.05, 0) is 41.5 Å². The molecule has 1 atom stereocenters. The van der Waals surface area contributed by atoms with Crippen molar-refractivity contribution in [1.82, 2.24) is 5.32 Å². The third-order valence-corrected chi connectivity index (χ3v) is 5.91. The number of carbonyl (C=O) groups is 1. The molecule has 0 aliphatic carbocycles. The zero-order valence-corrected chi connectivity index (χ0v) is 16.6. The molecule has 0 saturated carbocycles. The average Bonchev–Trinajstić information content (AvgIpc) is 3.10. The number of primary sulfonamides is 1. The molecule has 3 aromatic carbocycles. The molecular formula is C22H20N2O4S. The Hall–Kier alpha value is -3.16. The Labute approximate surface area is 168 Å². The minimum atomic E-state index is -3.74. The van der Waals surface area contributed by atoms with Crippen molar-refractivity contribution < 1.29 is 17.6 Å². The van der Waals surface area contributed by atoms with Gasteiger partial charge in [0.05, 0.1) is 23.6 Å². The van der Waals surface area contributed by atoms with E-state index in [1.165, 1.54) is 12.1 Å². The number of nitrogens with two attached hydrogens (primary N) is 1. The first-order valence-corrected chi connectivity index (χ1v) is 10.7. The van der Waals surface area contributed by atoms with Crippen molar-refractivity contribution in [3.63, 3.8) is 0 Å². The number of rotatable bonds is 5. The Balaban J connectivity index is 1.53. The second-order valence-electron chi connectivity index (χ2n) is 7.00. The summed E-state index contributed by atoms with van der Waals surface area (Å²) < 4.78 is 28.4. The topological polar surface area (TPSA) is 102 Å². The third kappa shape index (κ3) is 3.87. The van der Waals surface area contributed by atoms with E-state index in [0.29, 0.717) is 0 Å². The summed E-state index contributed by atoms with van der Waals surface area (Å²) in [6.07, 6.45) is 1.81. The molecule has 29 heavy (non-hydrogen) atoms. The van der Waals surface area contributed by atoms with Gasteiger partial charge in [0.2, 0.25) is 15.9 Å². The Bertz CT molecular complexity index is 1310. The van der Waals surface area contributed by atoms with E-state index in [4.69, 9.17) is 9.56 Å². The van der Waals surface area contributed by atoms with Crippen LogP contribution in [0.1, 0.15) is 24.1 Å². The van der Waals surface area contributed by atoms with E-state index in [1.807, 2.05) is 43.3 Å². The Morgan fingerprint density at radius 3 is 2.52 bits per heavy atom. The Morgan fingerprint density at radius 2 is 1.79 bits per heavy atom. The van der Waals surface area contributed by atoms with Crippen LogP contribution in [0.5, 0.6) is 0 Å². The number of hydrogen-bond acceptors (Lipinski definition) is 4. The number of carbonyl (C=O) groups excluding carboxylic acids is 1. The summed E-state index contributed by atoms with van der Waals surface area (Å²) in [5.74, 6) is -0.149. The molecule has 0 unspecified atom stereocenters. The first kappa shape index (κ1) is 19.2. The molecule has 3 N–H and O–H groups in total. The number of fused-ring (bicyclic) bond motifs is 3. The van der Waals surface area contributed by atoms with Gasteiger partial charge in [0, 0.05) is 10.9 Å². The maximum Gasteiger partial charge on any atom is 0.238 e. The summed E-state index contributed by atoms with van der Waals surface area (Å²) in [4.78, 5) is 12.7. The molecule has 0 bridgehead atoms. The SMILES string of the molecule is C[C@H](NC(=O)Cc1coc2ccc3ccccc3c12)c1ccc(S(N)(=O)=O)cc1. The van der Waals surface area contributed by atoms with Crippen LogP contribution in [0.25, 0.3) is 21.7 Å². The van der Waals surface area contributed by atoms with Gasteiger partial charge < -0.3 is 9.73 Å². The van der Waals surface area contributed by atoms with E-state index in [0.717, 1.165) is 32.9 Å². The van der Waals surface area contributed by atoms with Crippen molar-refractivity contribution >= 4 is 37.7 Å². The maximum atomic E-state index is 12.6. The fourth-order valence-electron chi connectivity index (χ4n) is 3.50. The minimum absolute atomic E-state index is 0.0384. The van der Waals surface area contributed by atoms with Gasteiger partial charge in [-0.3, -0.25) is 4.79 Å². The average molecular weight is 408 g/mol. The molecule has 0 spiro atoms. The van der Waals surface area contributed by atoms with Gasteiger partial charge in [-0.15, -0.1) is 0 Å². The highest BCUT2D eigenvalue weighted by atomic mass is 32.2. The number of furan rings is 1. The van der Waals surface area contributed by atoms with Crippen LogP contribution in [-0.2, 0) is 21.2 Å². The first-order chi connectivity index (χ1) is 13.8. The van der Waals surface area contributed by atoms with E-state index in [2.05, 4.69) is 5.32 Å². The molecule has 1 heterocycles. The molecular weight excluding hydrogens is 388 g/mol. The Kier molecular flexibility index (Phi) is 4.86. The fourth-order valence-corrected chi connectivity index (χ4v) is 4.02. The van der Waals surface area contributed by atoms with Crippen molar-refractivity contribution in [1.29, 1.82) is 0 Å². The van der Waals surface area contributed by atoms with Crippen LogP contribution in [0.2, 0.25) is 0 Å². The predicted octanol–water partition coefficient (Wildman–Crippen LogP) is 3.65. The molecule has 148 valence electrons. The van der Waals surface area contributed by atoms with Crippen LogP contribution in [0.15, 0.2) is 76.2 Å². The van der Waals surface area contributed by atoms with Gasteiger partial charge >= 0.3 is 0 Å².